The monoisotopic (exact) mass is 352 g/mol. The number of carbonyl (C=O) groups is 1. The minimum absolute atomic E-state index is 0.00940. The molecule has 0 unspecified atom stereocenters. The maximum absolute atomic E-state index is 14.0. The minimum Gasteiger partial charge on any atom is -0.478 e. The van der Waals surface area contributed by atoms with Crippen LogP contribution >= 0.6 is 15.9 Å². The summed E-state index contributed by atoms with van der Waals surface area (Å²) < 4.78 is 28.7. The van der Waals surface area contributed by atoms with Crippen LogP contribution in [0.5, 0.6) is 0 Å². The van der Waals surface area contributed by atoms with Crippen molar-refractivity contribution in [1.82, 2.24) is 9.55 Å². The van der Waals surface area contributed by atoms with Gasteiger partial charge in [-0.3, -0.25) is 4.57 Å². The molecule has 0 fully saturated rings. The molecule has 2 aromatic carbocycles. The lowest BCUT2D eigenvalue weighted by atomic mass is 10.1. The fourth-order valence-electron chi connectivity index (χ4n) is 2.12. The third-order valence-electron chi connectivity index (χ3n) is 3.05. The van der Waals surface area contributed by atoms with Gasteiger partial charge in [-0.25, -0.2) is 18.6 Å². The summed E-state index contributed by atoms with van der Waals surface area (Å²) in [6.07, 6.45) is 1.31. The molecule has 0 amide bonds. The summed E-state index contributed by atoms with van der Waals surface area (Å²) in [5, 5.41) is 9.24. The van der Waals surface area contributed by atoms with Gasteiger partial charge < -0.3 is 5.11 Å². The lowest BCUT2D eigenvalue weighted by Gasteiger charge is -2.09. The number of para-hydroxylation sites is 1. The van der Waals surface area contributed by atoms with Gasteiger partial charge in [0.05, 0.1) is 26.8 Å². The van der Waals surface area contributed by atoms with Crippen molar-refractivity contribution in [3.8, 4) is 5.69 Å². The molecule has 1 heterocycles. The summed E-state index contributed by atoms with van der Waals surface area (Å²) in [6, 6.07) is 6.55. The van der Waals surface area contributed by atoms with Gasteiger partial charge in [0.1, 0.15) is 18.0 Å². The van der Waals surface area contributed by atoms with E-state index in [0.29, 0.717) is 5.52 Å². The van der Waals surface area contributed by atoms with E-state index in [0.717, 1.165) is 6.07 Å². The van der Waals surface area contributed by atoms with E-state index in [1.165, 1.54) is 23.0 Å². The van der Waals surface area contributed by atoms with Crippen molar-refractivity contribution in [2.75, 3.05) is 0 Å². The molecule has 1 N–H and O–H groups in total. The fourth-order valence-corrected chi connectivity index (χ4v) is 2.45. The van der Waals surface area contributed by atoms with Crippen molar-refractivity contribution < 1.29 is 18.7 Å². The molecule has 0 saturated carbocycles. The van der Waals surface area contributed by atoms with Crippen molar-refractivity contribution in [3.05, 3.63) is 58.3 Å². The van der Waals surface area contributed by atoms with E-state index in [1.807, 2.05) is 0 Å². The van der Waals surface area contributed by atoms with E-state index in [4.69, 9.17) is 0 Å². The molecule has 21 heavy (non-hydrogen) atoms. The largest absolute Gasteiger partial charge is 0.478 e. The number of carboxylic acids is 1. The molecule has 0 radical (unpaired) electrons. The first-order chi connectivity index (χ1) is 9.99. The Bertz CT molecular complexity index is 877. The van der Waals surface area contributed by atoms with Crippen molar-refractivity contribution >= 4 is 32.9 Å². The van der Waals surface area contributed by atoms with E-state index < -0.39 is 17.6 Å². The van der Waals surface area contributed by atoms with Crippen molar-refractivity contribution in [2.45, 2.75) is 0 Å². The van der Waals surface area contributed by atoms with E-state index in [-0.39, 0.29) is 21.2 Å². The van der Waals surface area contributed by atoms with Crippen LogP contribution in [0.15, 0.2) is 41.1 Å². The summed E-state index contributed by atoms with van der Waals surface area (Å²) in [5.74, 6) is -2.70. The van der Waals surface area contributed by atoms with Gasteiger partial charge in [-0.2, -0.15) is 0 Å². The lowest BCUT2D eigenvalue weighted by Crippen LogP contribution is -2.03. The van der Waals surface area contributed by atoms with Crippen LogP contribution in [-0.4, -0.2) is 20.6 Å². The molecule has 0 bridgehead atoms. The van der Waals surface area contributed by atoms with Crippen LogP contribution in [0.25, 0.3) is 16.7 Å². The van der Waals surface area contributed by atoms with Crippen LogP contribution in [-0.2, 0) is 0 Å². The Hall–Kier alpha value is -2.28. The molecule has 0 aliphatic rings. The number of nitrogens with zero attached hydrogens (tertiary/aromatic N) is 2. The van der Waals surface area contributed by atoms with E-state index in [9.17, 15) is 18.7 Å². The zero-order valence-electron chi connectivity index (χ0n) is 10.3. The Kier molecular flexibility index (Phi) is 3.21. The second-order valence-corrected chi connectivity index (χ2v) is 5.17. The summed E-state index contributed by atoms with van der Waals surface area (Å²) >= 11 is 2.99. The van der Waals surface area contributed by atoms with Crippen LogP contribution in [0, 0.1) is 11.6 Å². The molecule has 3 rings (SSSR count). The molecule has 7 heteroatoms. The number of hydrogen-bond donors (Lipinski definition) is 1. The predicted octanol–water partition coefficient (Wildman–Crippen LogP) is 3.76. The number of aromatic carboxylic acids is 1. The predicted molar refractivity (Wildman–Crippen MR) is 75.6 cm³/mol. The van der Waals surface area contributed by atoms with Crippen LogP contribution in [0.1, 0.15) is 10.4 Å². The topological polar surface area (TPSA) is 55.1 Å². The highest BCUT2D eigenvalue weighted by Gasteiger charge is 2.17. The molecule has 1 aromatic heterocycles. The quantitative estimate of drug-likeness (QED) is 0.714. The lowest BCUT2D eigenvalue weighted by molar-refractivity contribution is 0.0698. The zero-order valence-corrected chi connectivity index (χ0v) is 11.9. The second kappa shape index (κ2) is 4.92. The molecule has 106 valence electrons. The molecule has 0 atom stereocenters. The van der Waals surface area contributed by atoms with E-state index in [1.54, 1.807) is 12.1 Å². The van der Waals surface area contributed by atoms with Crippen LogP contribution < -0.4 is 0 Å². The first-order valence-corrected chi connectivity index (χ1v) is 6.62. The van der Waals surface area contributed by atoms with Gasteiger partial charge in [0, 0.05) is 6.07 Å². The van der Waals surface area contributed by atoms with Gasteiger partial charge in [-0.15, -0.1) is 0 Å². The number of rotatable bonds is 2. The fraction of sp³-hybridized carbons (Fsp3) is 0. The molecule has 0 aliphatic heterocycles. The molecular weight excluding hydrogens is 346 g/mol. The van der Waals surface area contributed by atoms with Gasteiger partial charge in [-0.05, 0) is 34.1 Å². The summed E-state index contributed by atoms with van der Waals surface area (Å²) in [6.45, 7) is 0. The Morgan fingerprint density at radius 1 is 1.24 bits per heavy atom. The van der Waals surface area contributed by atoms with Gasteiger partial charge >= 0.3 is 5.97 Å². The number of imidazole rings is 1. The van der Waals surface area contributed by atoms with Gasteiger partial charge in [0.15, 0.2) is 0 Å². The summed E-state index contributed by atoms with van der Waals surface area (Å²) in [7, 11) is 0. The molecular formula is C14H7BrF2N2O2. The molecule has 3 aromatic rings. The van der Waals surface area contributed by atoms with Gasteiger partial charge in [0.25, 0.3) is 0 Å². The van der Waals surface area contributed by atoms with Crippen molar-refractivity contribution in [2.24, 2.45) is 0 Å². The van der Waals surface area contributed by atoms with E-state index >= 15 is 0 Å². The second-order valence-electron chi connectivity index (χ2n) is 4.31. The Balaban J connectivity index is 2.36. The number of carboxylic acid groups (broad SMARTS) is 1. The smallest absolute Gasteiger partial charge is 0.337 e. The van der Waals surface area contributed by atoms with Crippen LogP contribution in [0.3, 0.4) is 0 Å². The highest BCUT2D eigenvalue weighted by Crippen LogP contribution is 2.27. The van der Waals surface area contributed by atoms with Crippen molar-refractivity contribution in [3.63, 3.8) is 0 Å². The SMILES string of the molecule is O=C(O)c1cccc2ncn(-c3cc(Br)c(F)cc3F)c12. The number of aromatic nitrogens is 2. The van der Waals surface area contributed by atoms with Crippen molar-refractivity contribution in [1.29, 1.82) is 0 Å². The summed E-state index contributed by atoms with van der Waals surface area (Å²) in [4.78, 5) is 15.4. The Labute approximate surface area is 125 Å². The first kappa shape index (κ1) is 13.7. The van der Waals surface area contributed by atoms with Gasteiger partial charge in [0.2, 0.25) is 0 Å². The number of hydrogen-bond acceptors (Lipinski definition) is 2. The highest BCUT2D eigenvalue weighted by atomic mass is 79.9. The van der Waals surface area contributed by atoms with Gasteiger partial charge in [-0.1, -0.05) is 6.07 Å². The maximum atomic E-state index is 14.0. The normalized spacial score (nSPS) is 11.0. The maximum Gasteiger partial charge on any atom is 0.337 e. The first-order valence-electron chi connectivity index (χ1n) is 5.83. The van der Waals surface area contributed by atoms with E-state index in [2.05, 4.69) is 20.9 Å². The number of halogens is 3. The van der Waals surface area contributed by atoms with Crippen LogP contribution in [0.4, 0.5) is 8.78 Å². The third-order valence-corrected chi connectivity index (χ3v) is 3.66. The third kappa shape index (κ3) is 2.19. The molecule has 4 nitrogen and oxygen atoms in total. The average molecular weight is 353 g/mol. The number of benzene rings is 2. The molecule has 0 spiro atoms. The summed E-state index contributed by atoms with van der Waals surface area (Å²) in [5.41, 5.74) is 0.668. The average Bonchev–Trinajstić information content (AvgIpc) is 2.86. The minimum atomic E-state index is -1.15. The molecule has 0 saturated heterocycles. The highest BCUT2D eigenvalue weighted by molar-refractivity contribution is 9.10. The Morgan fingerprint density at radius 2 is 2.00 bits per heavy atom. The standard InChI is InChI=1S/C14H7BrF2N2O2/c15-8-4-12(10(17)5-9(8)16)19-6-18-11-3-1-2-7(13(11)19)14(20)21/h1-6H,(H,20,21). The Morgan fingerprint density at radius 3 is 2.71 bits per heavy atom. The van der Waals surface area contributed by atoms with Crippen LogP contribution in [0.2, 0.25) is 0 Å². The number of fused-ring (bicyclic) bond motifs is 1. The molecule has 0 aliphatic carbocycles. The zero-order chi connectivity index (χ0) is 15.1.